The topological polar surface area (TPSA) is 59.6 Å². The molecule has 0 aromatic heterocycles. The van der Waals surface area contributed by atoms with Crippen molar-refractivity contribution in [3.63, 3.8) is 0 Å². The Labute approximate surface area is 109 Å². The van der Waals surface area contributed by atoms with E-state index in [-0.39, 0.29) is 23.2 Å². The van der Waals surface area contributed by atoms with E-state index in [1.54, 1.807) is 13.0 Å². The SMILES string of the molecule is CCOC(=O)NC(=S)Nc1c(F)cccc1OC. The van der Waals surface area contributed by atoms with Crippen molar-refractivity contribution >= 4 is 29.1 Å². The summed E-state index contributed by atoms with van der Waals surface area (Å²) in [4.78, 5) is 11.1. The van der Waals surface area contributed by atoms with Gasteiger partial charge in [0.1, 0.15) is 11.4 Å². The van der Waals surface area contributed by atoms with Gasteiger partial charge in [0.05, 0.1) is 13.7 Å². The van der Waals surface area contributed by atoms with E-state index in [0.717, 1.165) is 0 Å². The van der Waals surface area contributed by atoms with Crippen molar-refractivity contribution in [3.05, 3.63) is 24.0 Å². The monoisotopic (exact) mass is 272 g/mol. The van der Waals surface area contributed by atoms with E-state index in [0.29, 0.717) is 0 Å². The van der Waals surface area contributed by atoms with E-state index in [2.05, 4.69) is 15.4 Å². The molecule has 0 atom stereocenters. The molecule has 0 aliphatic carbocycles. The van der Waals surface area contributed by atoms with Gasteiger partial charge in [0.15, 0.2) is 10.9 Å². The van der Waals surface area contributed by atoms with Gasteiger partial charge in [0, 0.05) is 0 Å². The summed E-state index contributed by atoms with van der Waals surface area (Å²) in [6.45, 7) is 1.88. The average molecular weight is 272 g/mol. The Kier molecular flexibility index (Phi) is 5.31. The van der Waals surface area contributed by atoms with Crippen LogP contribution in [0.3, 0.4) is 0 Å². The third kappa shape index (κ3) is 3.85. The number of rotatable bonds is 3. The zero-order valence-electron chi connectivity index (χ0n) is 9.95. The van der Waals surface area contributed by atoms with E-state index >= 15 is 0 Å². The Bertz CT molecular complexity index is 454. The fourth-order valence-electron chi connectivity index (χ4n) is 1.20. The van der Waals surface area contributed by atoms with Gasteiger partial charge >= 0.3 is 6.09 Å². The molecule has 1 rings (SSSR count). The van der Waals surface area contributed by atoms with Crippen molar-refractivity contribution in [1.29, 1.82) is 0 Å². The first-order valence-corrected chi connectivity index (χ1v) is 5.56. The number of hydrogen-bond acceptors (Lipinski definition) is 4. The average Bonchev–Trinajstić information content (AvgIpc) is 2.31. The number of hydrogen-bond donors (Lipinski definition) is 2. The first-order chi connectivity index (χ1) is 8.58. The molecule has 7 heteroatoms. The van der Waals surface area contributed by atoms with Crippen molar-refractivity contribution in [2.24, 2.45) is 0 Å². The highest BCUT2D eigenvalue weighted by Gasteiger charge is 2.12. The highest BCUT2D eigenvalue weighted by atomic mass is 32.1. The molecule has 0 spiro atoms. The van der Waals surface area contributed by atoms with Crippen molar-refractivity contribution in [2.45, 2.75) is 6.92 Å². The van der Waals surface area contributed by atoms with Crippen LogP contribution in [0, 0.1) is 5.82 Å². The largest absolute Gasteiger partial charge is 0.494 e. The highest BCUT2D eigenvalue weighted by Crippen LogP contribution is 2.26. The number of benzene rings is 1. The van der Waals surface area contributed by atoms with Crippen LogP contribution in [-0.4, -0.2) is 24.9 Å². The van der Waals surface area contributed by atoms with Crippen molar-refractivity contribution in [1.82, 2.24) is 5.32 Å². The van der Waals surface area contributed by atoms with Gasteiger partial charge in [-0.05, 0) is 31.3 Å². The number of alkyl carbamates (subject to hydrolysis) is 1. The molecule has 1 amide bonds. The smallest absolute Gasteiger partial charge is 0.413 e. The minimum atomic E-state index is -0.703. The standard InChI is InChI=1S/C11H13FN2O3S/c1-3-17-11(15)14-10(18)13-9-7(12)5-4-6-8(9)16-2/h4-6H,3H2,1-2H3,(H2,13,14,15,18). The molecule has 98 valence electrons. The van der Waals surface area contributed by atoms with E-state index in [1.165, 1.54) is 19.2 Å². The van der Waals surface area contributed by atoms with Crippen LogP contribution in [0.4, 0.5) is 14.9 Å². The number of anilines is 1. The van der Waals surface area contributed by atoms with Crippen LogP contribution < -0.4 is 15.4 Å². The van der Waals surface area contributed by atoms with Crippen LogP contribution in [0.15, 0.2) is 18.2 Å². The van der Waals surface area contributed by atoms with Crippen LogP contribution in [-0.2, 0) is 4.74 Å². The summed E-state index contributed by atoms with van der Waals surface area (Å²) in [5, 5.41) is 4.71. The van der Waals surface area contributed by atoms with Crippen LogP contribution in [0.2, 0.25) is 0 Å². The molecule has 5 nitrogen and oxygen atoms in total. The second-order valence-corrected chi connectivity index (χ2v) is 3.52. The molecule has 0 saturated heterocycles. The second kappa shape index (κ2) is 6.75. The number of halogens is 1. The zero-order valence-corrected chi connectivity index (χ0v) is 10.8. The number of carbonyl (C=O) groups is 1. The summed E-state index contributed by atoms with van der Waals surface area (Å²) in [7, 11) is 1.40. The molecule has 0 aliphatic rings. The number of para-hydroxylation sites is 1. The maximum atomic E-state index is 13.5. The fraction of sp³-hybridized carbons (Fsp3) is 0.273. The molecule has 2 N–H and O–H groups in total. The minimum absolute atomic E-state index is 0.0572. The molecular weight excluding hydrogens is 259 g/mol. The van der Waals surface area contributed by atoms with E-state index < -0.39 is 11.9 Å². The first-order valence-electron chi connectivity index (χ1n) is 5.15. The highest BCUT2D eigenvalue weighted by molar-refractivity contribution is 7.80. The van der Waals surface area contributed by atoms with Gasteiger partial charge in [-0.25, -0.2) is 9.18 Å². The third-order valence-electron chi connectivity index (χ3n) is 1.92. The molecule has 1 aromatic carbocycles. The lowest BCUT2D eigenvalue weighted by atomic mass is 10.3. The number of ether oxygens (including phenoxy) is 2. The number of methoxy groups -OCH3 is 1. The predicted octanol–water partition coefficient (Wildman–Crippen LogP) is 2.28. The number of amides is 1. The van der Waals surface area contributed by atoms with Crippen LogP contribution in [0.5, 0.6) is 5.75 Å². The quantitative estimate of drug-likeness (QED) is 0.827. The minimum Gasteiger partial charge on any atom is -0.494 e. The lowest BCUT2D eigenvalue weighted by molar-refractivity contribution is 0.158. The van der Waals surface area contributed by atoms with Crippen molar-refractivity contribution in [3.8, 4) is 5.75 Å². The van der Waals surface area contributed by atoms with Gasteiger partial charge in [0.25, 0.3) is 0 Å². The van der Waals surface area contributed by atoms with Crippen LogP contribution >= 0.6 is 12.2 Å². The normalized spacial score (nSPS) is 9.50. The summed E-state index contributed by atoms with van der Waals surface area (Å²) in [6, 6.07) is 4.32. The molecule has 18 heavy (non-hydrogen) atoms. The summed E-state index contributed by atoms with van der Waals surface area (Å²) in [6.07, 6.45) is -0.703. The molecule has 1 aromatic rings. The van der Waals surface area contributed by atoms with Gasteiger partial charge in [-0.15, -0.1) is 0 Å². The lowest BCUT2D eigenvalue weighted by Crippen LogP contribution is -2.34. The maximum absolute atomic E-state index is 13.5. The van der Waals surface area contributed by atoms with Gasteiger partial charge in [-0.1, -0.05) is 6.07 Å². The maximum Gasteiger partial charge on any atom is 0.413 e. The van der Waals surface area contributed by atoms with E-state index in [9.17, 15) is 9.18 Å². The molecular formula is C11H13FN2O3S. The molecule has 0 unspecified atom stereocenters. The number of nitrogens with one attached hydrogen (secondary N) is 2. The molecule has 0 aliphatic heterocycles. The molecule has 0 bridgehead atoms. The van der Waals surface area contributed by atoms with Crippen molar-refractivity contribution in [2.75, 3.05) is 19.0 Å². The predicted molar refractivity (Wildman–Crippen MR) is 69.3 cm³/mol. The Balaban J connectivity index is 2.72. The first kappa shape index (κ1) is 14.2. The van der Waals surface area contributed by atoms with Gasteiger partial charge < -0.3 is 14.8 Å². The summed E-state index contributed by atoms with van der Waals surface area (Å²) < 4.78 is 23.1. The van der Waals surface area contributed by atoms with E-state index in [4.69, 9.17) is 17.0 Å². The van der Waals surface area contributed by atoms with Crippen LogP contribution in [0.1, 0.15) is 6.92 Å². The van der Waals surface area contributed by atoms with Gasteiger partial charge in [-0.3, -0.25) is 5.32 Å². The summed E-state index contributed by atoms with van der Waals surface area (Å²) >= 11 is 4.85. The fourth-order valence-corrected chi connectivity index (χ4v) is 1.39. The Morgan fingerprint density at radius 1 is 1.50 bits per heavy atom. The van der Waals surface area contributed by atoms with Gasteiger partial charge in [-0.2, -0.15) is 0 Å². The summed E-state index contributed by atoms with van der Waals surface area (Å²) in [5.41, 5.74) is 0.0572. The van der Waals surface area contributed by atoms with Crippen LogP contribution in [0.25, 0.3) is 0 Å². The molecule has 0 saturated carbocycles. The second-order valence-electron chi connectivity index (χ2n) is 3.12. The number of carbonyl (C=O) groups excluding carboxylic acids is 1. The van der Waals surface area contributed by atoms with E-state index in [1.807, 2.05) is 0 Å². The van der Waals surface area contributed by atoms with Crippen molar-refractivity contribution < 1.29 is 18.7 Å². The number of thiocarbonyl (C=S) groups is 1. The molecule has 0 fully saturated rings. The Morgan fingerprint density at radius 2 is 2.22 bits per heavy atom. The molecule has 0 radical (unpaired) electrons. The van der Waals surface area contributed by atoms with Gasteiger partial charge in [0.2, 0.25) is 0 Å². The molecule has 0 heterocycles. The zero-order chi connectivity index (χ0) is 13.5. The lowest BCUT2D eigenvalue weighted by Gasteiger charge is -2.13. The third-order valence-corrected chi connectivity index (χ3v) is 2.13. The summed E-state index contributed by atoms with van der Waals surface area (Å²) in [5.74, 6) is -0.259. The Morgan fingerprint density at radius 3 is 2.83 bits per heavy atom. The Hall–Kier alpha value is -1.89.